The summed E-state index contributed by atoms with van der Waals surface area (Å²) in [4.78, 5) is 14.6. The Hall–Kier alpha value is -2.66. The smallest absolute Gasteiger partial charge is 0.224 e. The summed E-state index contributed by atoms with van der Waals surface area (Å²) in [6.07, 6.45) is 7.80. The zero-order chi connectivity index (χ0) is 20.5. The van der Waals surface area contributed by atoms with Crippen molar-refractivity contribution in [1.29, 1.82) is 0 Å². The molecule has 3 rings (SSSR count). The van der Waals surface area contributed by atoms with E-state index in [1.165, 1.54) is 6.07 Å². The number of para-hydroxylation sites is 2. The Morgan fingerprint density at radius 1 is 1.24 bits per heavy atom. The van der Waals surface area contributed by atoms with Gasteiger partial charge in [-0.05, 0) is 49.9 Å². The van der Waals surface area contributed by atoms with E-state index in [1.807, 2.05) is 24.3 Å². The highest BCUT2D eigenvalue weighted by atomic mass is 19.1. The fourth-order valence-corrected chi connectivity index (χ4v) is 3.80. The number of methoxy groups -OCH3 is 1. The van der Waals surface area contributed by atoms with Crippen LogP contribution in [0, 0.1) is 11.7 Å². The molecule has 0 aromatic heterocycles. The van der Waals surface area contributed by atoms with Gasteiger partial charge in [0.05, 0.1) is 12.8 Å². The first-order valence-corrected chi connectivity index (χ1v) is 10.2. The predicted octanol–water partition coefficient (Wildman–Crippen LogP) is 4.98. The quantitative estimate of drug-likeness (QED) is 0.684. The number of nitrogens with zero attached hydrogens (tertiary/aromatic N) is 1. The number of ether oxygens (including phenoxy) is 1. The van der Waals surface area contributed by atoms with Crippen molar-refractivity contribution in [1.82, 2.24) is 4.90 Å². The lowest BCUT2D eigenvalue weighted by Gasteiger charge is -2.31. The van der Waals surface area contributed by atoms with E-state index < -0.39 is 5.82 Å². The fraction of sp³-hybridized carbons (Fsp3) is 0.375. The van der Waals surface area contributed by atoms with E-state index in [0.717, 1.165) is 50.2 Å². The summed E-state index contributed by atoms with van der Waals surface area (Å²) in [5.41, 5.74) is 1.33. The average molecular weight is 397 g/mol. The van der Waals surface area contributed by atoms with Crippen LogP contribution in [-0.4, -0.2) is 37.6 Å². The van der Waals surface area contributed by atoms with Gasteiger partial charge in [0, 0.05) is 25.1 Å². The van der Waals surface area contributed by atoms with Gasteiger partial charge in [-0.2, -0.15) is 0 Å². The van der Waals surface area contributed by atoms with Gasteiger partial charge < -0.3 is 10.1 Å². The molecule has 1 aliphatic heterocycles. The molecule has 0 bridgehead atoms. The second kappa shape index (κ2) is 10.8. The highest BCUT2D eigenvalue weighted by Gasteiger charge is 2.20. The second-order valence-electron chi connectivity index (χ2n) is 7.48. The average Bonchev–Trinajstić information content (AvgIpc) is 2.75. The van der Waals surface area contributed by atoms with Crippen LogP contribution < -0.4 is 10.1 Å². The number of anilines is 1. The van der Waals surface area contributed by atoms with Crippen LogP contribution in [0.4, 0.5) is 10.1 Å². The van der Waals surface area contributed by atoms with Crippen molar-refractivity contribution in [3.8, 4) is 5.75 Å². The molecule has 0 radical (unpaired) electrons. The first-order chi connectivity index (χ1) is 14.2. The minimum atomic E-state index is -0.397. The van der Waals surface area contributed by atoms with Crippen LogP contribution in [0.5, 0.6) is 5.75 Å². The van der Waals surface area contributed by atoms with Gasteiger partial charge in [-0.25, -0.2) is 4.39 Å². The van der Waals surface area contributed by atoms with Crippen LogP contribution in [0.15, 0.2) is 54.6 Å². The number of carbonyl (C=O) groups is 1. The van der Waals surface area contributed by atoms with Crippen molar-refractivity contribution in [3.63, 3.8) is 0 Å². The van der Waals surface area contributed by atoms with Gasteiger partial charge in [0.15, 0.2) is 0 Å². The molecule has 1 heterocycles. The summed E-state index contributed by atoms with van der Waals surface area (Å²) in [7, 11) is 1.68. The number of hydrogen-bond donors (Lipinski definition) is 1. The number of nitrogens with one attached hydrogen (secondary N) is 1. The molecule has 2 aromatic rings. The van der Waals surface area contributed by atoms with Crippen molar-refractivity contribution in [2.75, 3.05) is 32.1 Å². The Balaban J connectivity index is 1.44. The van der Waals surface area contributed by atoms with Gasteiger partial charge in [0.1, 0.15) is 11.6 Å². The Bertz CT molecular complexity index is 837. The molecule has 29 heavy (non-hydrogen) atoms. The molecule has 1 atom stereocenters. The molecule has 5 heteroatoms. The number of halogens is 1. The maximum Gasteiger partial charge on any atom is 0.224 e. The molecule has 1 unspecified atom stereocenters. The molecule has 1 saturated heterocycles. The molecular weight excluding hydrogens is 367 g/mol. The molecule has 4 nitrogen and oxygen atoms in total. The lowest BCUT2D eigenvalue weighted by atomic mass is 9.93. The third-order valence-corrected chi connectivity index (χ3v) is 5.33. The number of carbonyl (C=O) groups excluding carboxylic acids is 1. The maximum absolute atomic E-state index is 13.6. The molecule has 1 aliphatic rings. The molecule has 0 aliphatic carbocycles. The molecule has 2 aromatic carbocycles. The van der Waals surface area contributed by atoms with Crippen LogP contribution in [0.1, 0.15) is 31.2 Å². The summed E-state index contributed by atoms with van der Waals surface area (Å²) >= 11 is 0. The molecule has 1 N–H and O–H groups in total. The van der Waals surface area contributed by atoms with Crippen LogP contribution in [-0.2, 0) is 4.79 Å². The minimum Gasteiger partial charge on any atom is -0.496 e. The SMILES string of the molecule is COc1ccccc1C=CCN1CCCC(CCC(=O)Nc2ccccc2F)C1. The molecular formula is C24H29FN2O2. The largest absolute Gasteiger partial charge is 0.496 e. The van der Waals surface area contributed by atoms with Gasteiger partial charge in [0.25, 0.3) is 0 Å². The number of likely N-dealkylation sites (tertiary alicyclic amines) is 1. The third-order valence-electron chi connectivity index (χ3n) is 5.33. The van der Waals surface area contributed by atoms with Crippen molar-refractivity contribution >= 4 is 17.7 Å². The van der Waals surface area contributed by atoms with Gasteiger partial charge in [-0.1, -0.05) is 42.5 Å². The van der Waals surface area contributed by atoms with Crippen molar-refractivity contribution < 1.29 is 13.9 Å². The summed E-state index contributed by atoms with van der Waals surface area (Å²) in [5, 5.41) is 2.67. The van der Waals surface area contributed by atoms with Crippen molar-refractivity contribution in [2.45, 2.75) is 25.7 Å². The normalized spacial score (nSPS) is 17.4. The number of rotatable bonds is 8. The van der Waals surface area contributed by atoms with E-state index >= 15 is 0 Å². The molecule has 1 amide bonds. The Morgan fingerprint density at radius 2 is 2.03 bits per heavy atom. The maximum atomic E-state index is 13.6. The topological polar surface area (TPSA) is 41.6 Å². The Morgan fingerprint density at radius 3 is 2.86 bits per heavy atom. The van der Waals surface area contributed by atoms with E-state index in [2.05, 4.69) is 22.4 Å². The highest BCUT2D eigenvalue weighted by molar-refractivity contribution is 5.90. The zero-order valence-electron chi connectivity index (χ0n) is 16.9. The lowest BCUT2D eigenvalue weighted by Crippen LogP contribution is -2.35. The summed E-state index contributed by atoms with van der Waals surface area (Å²) in [5.74, 6) is 0.853. The van der Waals surface area contributed by atoms with Gasteiger partial charge in [0.2, 0.25) is 5.91 Å². The minimum absolute atomic E-state index is 0.122. The second-order valence-corrected chi connectivity index (χ2v) is 7.48. The van der Waals surface area contributed by atoms with Crippen LogP contribution >= 0.6 is 0 Å². The lowest BCUT2D eigenvalue weighted by molar-refractivity contribution is -0.116. The molecule has 154 valence electrons. The predicted molar refractivity (Wildman–Crippen MR) is 115 cm³/mol. The van der Waals surface area contributed by atoms with Crippen LogP contribution in [0.3, 0.4) is 0 Å². The van der Waals surface area contributed by atoms with E-state index in [4.69, 9.17) is 4.74 Å². The van der Waals surface area contributed by atoms with Gasteiger partial charge >= 0.3 is 0 Å². The zero-order valence-corrected chi connectivity index (χ0v) is 16.9. The fourth-order valence-electron chi connectivity index (χ4n) is 3.80. The first kappa shape index (κ1) is 21.1. The van der Waals surface area contributed by atoms with Crippen LogP contribution in [0.25, 0.3) is 6.08 Å². The molecule has 0 spiro atoms. The van der Waals surface area contributed by atoms with E-state index in [0.29, 0.717) is 12.3 Å². The summed E-state index contributed by atoms with van der Waals surface area (Å²) < 4.78 is 19.0. The molecule has 1 fully saturated rings. The van der Waals surface area contributed by atoms with E-state index in [1.54, 1.807) is 25.3 Å². The Kier molecular flexibility index (Phi) is 7.82. The first-order valence-electron chi connectivity index (χ1n) is 10.2. The van der Waals surface area contributed by atoms with Gasteiger partial charge in [-0.15, -0.1) is 0 Å². The molecule has 0 saturated carbocycles. The summed E-state index contributed by atoms with van der Waals surface area (Å²) in [6.45, 7) is 2.95. The van der Waals surface area contributed by atoms with Crippen molar-refractivity contribution in [2.24, 2.45) is 5.92 Å². The summed E-state index contributed by atoms with van der Waals surface area (Å²) in [6, 6.07) is 14.3. The van der Waals surface area contributed by atoms with E-state index in [9.17, 15) is 9.18 Å². The number of amides is 1. The Labute approximate surface area is 172 Å². The number of hydrogen-bond acceptors (Lipinski definition) is 3. The van der Waals surface area contributed by atoms with E-state index in [-0.39, 0.29) is 11.6 Å². The van der Waals surface area contributed by atoms with Gasteiger partial charge in [-0.3, -0.25) is 9.69 Å². The standard InChI is InChI=1S/C24H29FN2O2/c1-29-23-13-5-2-9-20(23)10-7-17-27-16-6-8-19(18-27)14-15-24(28)26-22-12-4-3-11-21(22)25/h2-5,7,9-13,19H,6,8,14-18H2,1H3,(H,26,28). The number of piperidine rings is 1. The highest BCUT2D eigenvalue weighted by Crippen LogP contribution is 2.23. The van der Waals surface area contributed by atoms with Crippen LogP contribution in [0.2, 0.25) is 0 Å². The number of benzene rings is 2. The third kappa shape index (κ3) is 6.43. The van der Waals surface area contributed by atoms with Crippen molar-refractivity contribution in [3.05, 3.63) is 66.0 Å². The monoisotopic (exact) mass is 396 g/mol.